The van der Waals surface area contributed by atoms with Crippen molar-refractivity contribution in [2.45, 2.75) is 33.6 Å². The van der Waals surface area contributed by atoms with Gasteiger partial charge in [-0.2, -0.15) is 0 Å². The maximum Gasteiger partial charge on any atom is 0.257 e. The second-order valence-electron chi connectivity index (χ2n) is 6.40. The summed E-state index contributed by atoms with van der Waals surface area (Å²) in [5, 5.41) is 0. The standard InChI is InChI=1S/C15H23N3O/c1-15(2,3)11-5-8-18(9-6-11)14(19)12-10-17-7-4-13(12)16/h4,7,10-11H,5-6,8-9H2,1-3H3,(H2,16,17). The van der Waals surface area contributed by atoms with Crippen LogP contribution in [0.3, 0.4) is 0 Å². The molecule has 1 aliphatic rings. The van der Waals surface area contributed by atoms with Crippen LogP contribution in [0.4, 0.5) is 5.69 Å². The fourth-order valence-electron chi connectivity index (χ4n) is 2.70. The second kappa shape index (κ2) is 5.19. The lowest BCUT2D eigenvalue weighted by Crippen LogP contribution is -2.41. The quantitative estimate of drug-likeness (QED) is 0.845. The van der Waals surface area contributed by atoms with Crippen molar-refractivity contribution >= 4 is 11.6 Å². The molecule has 1 saturated heterocycles. The Morgan fingerprint density at radius 3 is 2.53 bits per heavy atom. The molecule has 4 nitrogen and oxygen atoms in total. The Hall–Kier alpha value is -1.58. The summed E-state index contributed by atoms with van der Waals surface area (Å²) in [6, 6.07) is 1.68. The highest BCUT2D eigenvalue weighted by molar-refractivity contribution is 5.98. The van der Waals surface area contributed by atoms with E-state index in [2.05, 4.69) is 25.8 Å². The molecule has 2 rings (SSSR count). The highest BCUT2D eigenvalue weighted by atomic mass is 16.2. The summed E-state index contributed by atoms with van der Waals surface area (Å²) in [4.78, 5) is 18.3. The smallest absolute Gasteiger partial charge is 0.257 e. The highest BCUT2D eigenvalue weighted by Crippen LogP contribution is 2.34. The lowest BCUT2D eigenvalue weighted by Gasteiger charge is -2.38. The van der Waals surface area contributed by atoms with Gasteiger partial charge in [0.2, 0.25) is 0 Å². The Balaban J connectivity index is 2.03. The third kappa shape index (κ3) is 3.06. The van der Waals surface area contributed by atoms with Crippen LogP contribution in [0.5, 0.6) is 0 Å². The van der Waals surface area contributed by atoms with Crippen molar-refractivity contribution in [3.63, 3.8) is 0 Å². The number of piperidine rings is 1. The topological polar surface area (TPSA) is 59.2 Å². The van der Waals surface area contributed by atoms with Gasteiger partial charge >= 0.3 is 0 Å². The number of likely N-dealkylation sites (tertiary alicyclic amines) is 1. The lowest BCUT2D eigenvalue weighted by molar-refractivity contribution is 0.0609. The number of aromatic nitrogens is 1. The normalized spacial score (nSPS) is 17.5. The molecule has 1 aromatic rings. The van der Waals surface area contributed by atoms with E-state index in [0.717, 1.165) is 25.9 Å². The molecular formula is C15H23N3O. The van der Waals surface area contributed by atoms with E-state index in [1.54, 1.807) is 18.5 Å². The van der Waals surface area contributed by atoms with Crippen LogP contribution in [-0.2, 0) is 0 Å². The van der Waals surface area contributed by atoms with Gasteiger partial charge in [-0.3, -0.25) is 9.78 Å². The average Bonchev–Trinajstić information content (AvgIpc) is 2.38. The van der Waals surface area contributed by atoms with E-state index in [1.807, 2.05) is 4.90 Å². The van der Waals surface area contributed by atoms with Crippen molar-refractivity contribution in [2.75, 3.05) is 18.8 Å². The number of hydrogen-bond acceptors (Lipinski definition) is 3. The van der Waals surface area contributed by atoms with Crippen LogP contribution in [0.1, 0.15) is 44.0 Å². The molecule has 1 amide bonds. The third-order valence-electron chi connectivity index (χ3n) is 4.09. The summed E-state index contributed by atoms with van der Waals surface area (Å²) in [6.07, 6.45) is 5.30. The summed E-state index contributed by atoms with van der Waals surface area (Å²) in [6.45, 7) is 8.45. The average molecular weight is 261 g/mol. The molecule has 0 aliphatic carbocycles. The summed E-state index contributed by atoms with van der Waals surface area (Å²) < 4.78 is 0. The van der Waals surface area contributed by atoms with E-state index >= 15 is 0 Å². The summed E-state index contributed by atoms with van der Waals surface area (Å²) in [5.74, 6) is 0.695. The number of nitrogen functional groups attached to an aromatic ring is 1. The molecule has 19 heavy (non-hydrogen) atoms. The van der Waals surface area contributed by atoms with E-state index in [0.29, 0.717) is 22.6 Å². The van der Waals surface area contributed by atoms with Crippen molar-refractivity contribution in [3.05, 3.63) is 24.0 Å². The molecule has 0 bridgehead atoms. The van der Waals surface area contributed by atoms with Gasteiger partial charge in [-0.05, 0) is 30.2 Å². The summed E-state index contributed by atoms with van der Waals surface area (Å²) in [7, 11) is 0. The van der Waals surface area contributed by atoms with E-state index in [1.165, 1.54) is 0 Å². The second-order valence-corrected chi connectivity index (χ2v) is 6.40. The van der Waals surface area contributed by atoms with Crippen LogP contribution in [0.2, 0.25) is 0 Å². The Labute approximate surface area is 115 Å². The molecule has 1 aliphatic heterocycles. The number of nitrogens with two attached hydrogens (primary N) is 1. The van der Waals surface area contributed by atoms with Gasteiger partial charge in [0.15, 0.2) is 0 Å². The van der Waals surface area contributed by atoms with Crippen molar-refractivity contribution in [1.82, 2.24) is 9.88 Å². The number of amides is 1. The molecule has 4 heteroatoms. The van der Waals surface area contributed by atoms with Gasteiger partial charge in [0.1, 0.15) is 0 Å². The molecule has 0 unspecified atom stereocenters. The van der Waals surface area contributed by atoms with E-state index < -0.39 is 0 Å². The van der Waals surface area contributed by atoms with E-state index in [9.17, 15) is 4.79 Å². The molecule has 1 fully saturated rings. The van der Waals surface area contributed by atoms with Gasteiger partial charge in [0.25, 0.3) is 5.91 Å². The molecule has 0 aromatic carbocycles. The monoisotopic (exact) mass is 261 g/mol. The Morgan fingerprint density at radius 1 is 1.37 bits per heavy atom. The van der Waals surface area contributed by atoms with Crippen LogP contribution in [0.15, 0.2) is 18.5 Å². The van der Waals surface area contributed by atoms with Gasteiger partial charge in [0.05, 0.1) is 5.56 Å². The molecule has 2 heterocycles. The minimum Gasteiger partial charge on any atom is -0.398 e. The predicted molar refractivity (Wildman–Crippen MR) is 76.7 cm³/mol. The minimum atomic E-state index is 0.0120. The first-order valence-corrected chi connectivity index (χ1v) is 6.88. The number of carbonyl (C=O) groups excluding carboxylic acids is 1. The number of nitrogens with zero attached hydrogens (tertiary/aromatic N) is 2. The fraction of sp³-hybridized carbons (Fsp3) is 0.600. The van der Waals surface area contributed by atoms with Gasteiger partial charge < -0.3 is 10.6 Å². The first-order valence-electron chi connectivity index (χ1n) is 6.88. The van der Waals surface area contributed by atoms with E-state index in [-0.39, 0.29) is 5.91 Å². The van der Waals surface area contributed by atoms with Gasteiger partial charge in [-0.25, -0.2) is 0 Å². The van der Waals surface area contributed by atoms with Crippen molar-refractivity contribution in [2.24, 2.45) is 11.3 Å². The highest BCUT2D eigenvalue weighted by Gasteiger charge is 2.31. The zero-order valence-electron chi connectivity index (χ0n) is 12.0. The first-order chi connectivity index (χ1) is 8.89. The molecule has 0 atom stereocenters. The Morgan fingerprint density at radius 2 is 2.00 bits per heavy atom. The SMILES string of the molecule is CC(C)(C)C1CCN(C(=O)c2cnccc2N)CC1. The van der Waals surface area contributed by atoms with Crippen molar-refractivity contribution < 1.29 is 4.79 Å². The van der Waals surface area contributed by atoms with Crippen LogP contribution >= 0.6 is 0 Å². The van der Waals surface area contributed by atoms with Crippen LogP contribution in [-0.4, -0.2) is 28.9 Å². The van der Waals surface area contributed by atoms with Gasteiger partial charge in [-0.15, -0.1) is 0 Å². The number of pyridine rings is 1. The maximum atomic E-state index is 12.4. The zero-order valence-corrected chi connectivity index (χ0v) is 12.0. The lowest BCUT2D eigenvalue weighted by atomic mass is 9.75. The molecule has 0 spiro atoms. The van der Waals surface area contributed by atoms with Crippen LogP contribution < -0.4 is 5.73 Å². The minimum absolute atomic E-state index is 0.0120. The molecule has 104 valence electrons. The molecular weight excluding hydrogens is 238 g/mol. The molecule has 2 N–H and O–H groups in total. The summed E-state index contributed by atoms with van der Waals surface area (Å²) >= 11 is 0. The number of anilines is 1. The maximum absolute atomic E-state index is 12.4. The van der Waals surface area contributed by atoms with Gasteiger partial charge in [0, 0.05) is 31.2 Å². The predicted octanol–water partition coefficient (Wildman–Crippen LogP) is 2.56. The van der Waals surface area contributed by atoms with Crippen LogP contribution in [0, 0.1) is 11.3 Å². The fourth-order valence-corrected chi connectivity index (χ4v) is 2.70. The number of carbonyl (C=O) groups is 1. The van der Waals surface area contributed by atoms with Crippen LogP contribution in [0.25, 0.3) is 0 Å². The number of hydrogen-bond donors (Lipinski definition) is 1. The Bertz CT molecular complexity index is 457. The third-order valence-corrected chi connectivity index (χ3v) is 4.09. The first kappa shape index (κ1) is 13.8. The van der Waals surface area contributed by atoms with Crippen molar-refractivity contribution in [1.29, 1.82) is 0 Å². The van der Waals surface area contributed by atoms with E-state index in [4.69, 9.17) is 5.73 Å². The zero-order chi connectivity index (χ0) is 14.0. The van der Waals surface area contributed by atoms with Gasteiger partial charge in [-0.1, -0.05) is 20.8 Å². The summed E-state index contributed by atoms with van der Waals surface area (Å²) in [5.41, 5.74) is 7.20. The van der Waals surface area contributed by atoms with Crippen molar-refractivity contribution in [3.8, 4) is 0 Å². The Kier molecular flexibility index (Phi) is 3.78. The largest absolute Gasteiger partial charge is 0.398 e. The molecule has 0 saturated carbocycles. The molecule has 0 radical (unpaired) electrons. The number of rotatable bonds is 1. The molecule has 1 aromatic heterocycles.